The van der Waals surface area contributed by atoms with Crippen LogP contribution in [-0.2, 0) is 22.5 Å². The van der Waals surface area contributed by atoms with E-state index in [4.69, 9.17) is 4.74 Å². The van der Waals surface area contributed by atoms with E-state index in [0.717, 1.165) is 30.5 Å². The number of fused-ring (bicyclic) bond motifs is 2. The zero-order valence-electron chi connectivity index (χ0n) is 18.5. The third kappa shape index (κ3) is 4.24. The number of ether oxygens (including phenoxy) is 1. The quantitative estimate of drug-likeness (QED) is 0.362. The highest BCUT2D eigenvalue weighted by Crippen LogP contribution is 2.39. The molecule has 4 aromatic rings. The number of hydrogen-bond acceptors (Lipinski definition) is 8. The van der Waals surface area contributed by atoms with E-state index in [0.29, 0.717) is 35.0 Å². The molecule has 10 heteroatoms. The molecule has 0 unspecified atom stereocenters. The van der Waals surface area contributed by atoms with Crippen LogP contribution in [0.25, 0.3) is 20.1 Å². The third-order valence-corrected chi connectivity index (χ3v) is 8.97. The van der Waals surface area contributed by atoms with Gasteiger partial charge in [-0.1, -0.05) is 12.1 Å². The van der Waals surface area contributed by atoms with Gasteiger partial charge in [0.2, 0.25) is 5.91 Å². The van der Waals surface area contributed by atoms with Gasteiger partial charge in [0, 0.05) is 18.3 Å². The highest BCUT2D eigenvalue weighted by Gasteiger charge is 2.30. The number of esters is 1. The molecular formula is C24H21N3O4S3. The molecule has 174 valence electrons. The first-order chi connectivity index (χ1) is 16.4. The summed E-state index contributed by atoms with van der Waals surface area (Å²) in [6.45, 7) is 4.50. The lowest BCUT2D eigenvalue weighted by atomic mass is 10.0. The van der Waals surface area contributed by atoms with E-state index in [1.54, 1.807) is 29.2 Å². The minimum atomic E-state index is -0.451. The maximum Gasteiger partial charge on any atom is 0.341 e. The SMILES string of the molecule is CCOC(=O)c1c(NC(=O)c2ccc(-c3nc4ccccc4s3)s2)sc2c1CCN(C(C)=O)C2. The molecule has 0 atom stereocenters. The van der Waals surface area contributed by atoms with Crippen LogP contribution in [0.4, 0.5) is 5.00 Å². The van der Waals surface area contributed by atoms with Crippen LogP contribution in [0.15, 0.2) is 36.4 Å². The summed E-state index contributed by atoms with van der Waals surface area (Å²) < 4.78 is 6.37. The molecule has 1 aliphatic heterocycles. The molecule has 34 heavy (non-hydrogen) atoms. The molecule has 0 aliphatic carbocycles. The number of rotatable bonds is 5. The van der Waals surface area contributed by atoms with Crippen molar-refractivity contribution in [3.05, 3.63) is 57.3 Å². The van der Waals surface area contributed by atoms with Crippen LogP contribution in [0.2, 0.25) is 0 Å². The van der Waals surface area contributed by atoms with Crippen molar-refractivity contribution < 1.29 is 19.1 Å². The molecular weight excluding hydrogens is 490 g/mol. The molecule has 0 bridgehead atoms. The number of carbonyl (C=O) groups is 3. The average molecular weight is 512 g/mol. The van der Waals surface area contributed by atoms with Crippen molar-refractivity contribution in [3.8, 4) is 9.88 Å². The summed E-state index contributed by atoms with van der Waals surface area (Å²) in [6.07, 6.45) is 0.552. The zero-order chi connectivity index (χ0) is 23.8. The van der Waals surface area contributed by atoms with E-state index in [1.807, 2.05) is 30.3 Å². The van der Waals surface area contributed by atoms with Crippen molar-refractivity contribution in [2.24, 2.45) is 0 Å². The van der Waals surface area contributed by atoms with Gasteiger partial charge in [-0.3, -0.25) is 9.59 Å². The molecule has 0 fully saturated rings. The normalized spacial score (nSPS) is 13.1. The Morgan fingerprint density at radius 3 is 2.71 bits per heavy atom. The Labute approximate surface area is 208 Å². The molecule has 3 aromatic heterocycles. The summed E-state index contributed by atoms with van der Waals surface area (Å²) in [5.74, 6) is -0.749. The number of hydrogen-bond donors (Lipinski definition) is 1. The van der Waals surface area contributed by atoms with Crippen LogP contribution in [0, 0.1) is 0 Å². The fourth-order valence-corrected chi connectivity index (χ4v) is 7.06. The van der Waals surface area contributed by atoms with Gasteiger partial charge in [0.25, 0.3) is 5.91 Å². The Bertz CT molecular complexity index is 1380. The second-order valence-corrected chi connectivity index (χ2v) is 10.9. The molecule has 2 amide bonds. The second-order valence-electron chi connectivity index (χ2n) is 7.72. The molecule has 7 nitrogen and oxygen atoms in total. The molecule has 5 rings (SSSR count). The standard InChI is InChI=1S/C24H21N3O4S3/c1-3-31-24(30)20-14-10-11-27(13(2)28)12-19(14)34-23(20)26-21(29)17-8-9-18(32-17)22-25-15-6-4-5-7-16(15)33-22/h4-9H,3,10-12H2,1-2H3,(H,26,29). The Hall–Kier alpha value is -3.08. The molecule has 1 N–H and O–H groups in total. The number of nitrogens with zero attached hydrogens (tertiary/aromatic N) is 2. The first kappa shape index (κ1) is 22.7. The van der Waals surface area contributed by atoms with Crippen LogP contribution in [0.3, 0.4) is 0 Å². The lowest BCUT2D eigenvalue weighted by Gasteiger charge is -2.25. The Kier molecular flexibility index (Phi) is 6.20. The topological polar surface area (TPSA) is 88.6 Å². The number of aromatic nitrogens is 1. The summed E-state index contributed by atoms with van der Waals surface area (Å²) in [4.78, 5) is 46.5. The zero-order valence-corrected chi connectivity index (χ0v) is 21.0. The highest BCUT2D eigenvalue weighted by molar-refractivity contribution is 7.26. The van der Waals surface area contributed by atoms with Crippen molar-refractivity contribution in [2.75, 3.05) is 18.5 Å². The van der Waals surface area contributed by atoms with Gasteiger partial charge in [0.15, 0.2) is 0 Å². The number of thiazole rings is 1. The monoisotopic (exact) mass is 511 g/mol. The number of benzene rings is 1. The van der Waals surface area contributed by atoms with Gasteiger partial charge < -0.3 is 15.0 Å². The fraction of sp³-hybridized carbons (Fsp3) is 0.250. The summed E-state index contributed by atoms with van der Waals surface area (Å²) in [6, 6.07) is 11.6. The summed E-state index contributed by atoms with van der Waals surface area (Å²) >= 11 is 4.29. The summed E-state index contributed by atoms with van der Waals surface area (Å²) in [5, 5.41) is 4.26. The summed E-state index contributed by atoms with van der Waals surface area (Å²) in [7, 11) is 0. The number of amides is 2. The highest BCUT2D eigenvalue weighted by atomic mass is 32.1. The summed E-state index contributed by atoms with van der Waals surface area (Å²) in [5.41, 5.74) is 2.20. The van der Waals surface area contributed by atoms with Crippen LogP contribution in [0.5, 0.6) is 0 Å². The first-order valence-corrected chi connectivity index (χ1v) is 13.2. The maximum absolute atomic E-state index is 13.1. The lowest BCUT2D eigenvalue weighted by molar-refractivity contribution is -0.129. The van der Waals surface area contributed by atoms with E-state index in [-0.39, 0.29) is 18.4 Å². The van der Waals surface area contributed by atoms with Gasteiger partial charge in [0.05, 0.1) is 38.7 Å². The molecule has 0 saturated carbocycles. The Morgan fingerprint density at radius 2 is 1.94 bits per heavy atom. The van der Waals surface area contributed by atoms with Gasteiger partial charge in [-0.15, -0.1) is 34.0 Å². The van der Waals surface area contributed by atoms with Gasteiger partial charge in [0.1, 0.15) is 10.0 Å². The Balaban J connectivity index is 1.42. The van der Waals surface area contributed by atoms with E-state index in [9.17, 15) is 14.4 Å². The third-order valence-electron chi connectivity index (χ3n) is 5.54. The minimum Gasteiger partial charge on any atom is -0.462 e. The predicted molar refractivity (Wildman–Crippen MR) is 136 cm³/mol. The van der Waals surface area contributed by atoms with Gasteiger partial charge in [-0.2, -0.15) is 0 Å². The number of anilines is 1. The molecule has 0 saturated heterocycles. The molecule has 1 aromatic carbocycles. The number of nitrogens with one attached hydrogen (secondary N) is 1. The molecule has 0 radical (unpaired) electrons. The van der Waals surface area contributed by atoms with Crippen LogP contribution < -0.4 is 5.32 Å². The second kappa shape index (κ2) is 9.28. The van der Waals surface area contributed by atoms with Gasteiger partial charge in [-0.25, -0.2) is 9.78 Å². The largest absolute Gasteiger partial charge is 0.462 e. The van der Waals surface area contributed by atoms with E-state index >= 15 is 0 Å². The maximum atomic E-state index is 13.1. The first-order valence-electron chi connectivity index (χ1n) is 10.8. The van der Waals surface area contributed by atoms with Crippen molar-refractivity contribution in [3.63, 3.8) is 0 Å². The average Bonchev–Trinajstić information content (AvgIpc) is 3.54. The Morgan fingerprint density at radius 1 is 1.12 bits per heavy atom. The van der Waals surface area contributed by atoms with Crippen LogP contribution in [0.1, 0.15) is 44.3 Å². The number of para-hydroxylation sites is 1. The van der Waals surface area contributed by atoms with E-state index in [1.165, 1.54) is 29.6 Å². The van der Waals surface area contributed by atoms with E-state index in [2.05, 4.69) is 10.3 Å². The van der Waals surface area contributed by atoms with Crippen molar-refractivity contribution in [1.29, 1.82) is 0 Å². The minimum absolute atomic E-state index is 0.0108. The van der Waals surface area contributed by atoms with Crippen molar-refractivity contribution in [1.82, 2.24) is 9.88 Å². The van der Waals surface area contributed by atoms with Gasteiger partial charge >= 0.3 is 5.97 Å². The smallest absolute Gasteiger partial charge is 0.341 e. The fourth-order valence-electron chi connectivity index (χ4n) is 3.90. The predicted octanol–water partition coefficient (Wildman–Crippen LogP) is 5.42. The lowest BCUT2D eigenvalue weighted by Crippen LogP contribution is -2.34. The molecule has 0 spiro atoms. The molecule has 4 heterocycles. The van der Waals surface area contributed by atoms with Crippen molar-refractivity contribution >= 4 is 67.0 Å². The van der Waals surface area contributed by atoms with E-state index < -0.39 is 5.97 Å². The van der Waals surface area contributed by atoms with Crippen LogP contribution >= 0.6 is 34.0 Å². The van der Waals surface area contributed by atoms with Gasteiger partial charge in [-0.05, 0) is 43.2 Å². The van der Waals surface area contributed by atoms with Crippen molar-refractivity contribution in [2.45, 2.75) is 26.8 Å². The molecule has 1 aliphatic rings. The number of thiophene rings is 2. The van der Waals surface area contributed by atoms with Crippen LogP contribution in [-0.4, -0.2) is 40.8 Å². The number of carbonyl (C=O) groups excluding carboxylic acids is 3.